The standard InChI is InChI=1S/C19H24N6O5S/c1-28-14-3-4-16(29-2)17(11-14)31(26,27)23-5-6-25-19-15(12-22-25)18(20-13-21-19)24-7-9-30-10-8-24/h3-4,11-13,23H,5-10H2,1-2H3. The summed E-state index contributed by atoms with van der Waals surface area (Å²) in [5.41, 5.74) is 0.648. The fourth-order valence-electron chi connectivity index (χ4n) is 3.43. The highest BCUT2D eigenvalue weighted by atomic mass is 32.2. The van der Waals surface area contributed by atoms with Crippen molar-refractivity contribution in [2.75, 3.05) is 52.0 Å². The van der Waals surface area contributed by atoms with E-state index in [1.807, 2.05) is 0 Å². The highest BCUT2D eigenvalue weighted by molar-refractivity contribution is 7.89. The summed E-state index contributed by atoms with van der Waals surface area (Å²) >= 11 is 0. The maximum atomic E-state index is 12.8. The van der Waals surface area contributed by atoms with Gasteiger partial charge in [0.1, 0.15) is 28.5 Å². The molecule has 1 saturated heterocycles. The molecule has 0 bridgehead atoms. The van der Waals surface area contributed by atoms with Crippen LogP contribution in [-0.2, 0) is 21.3 Å². The number of hydrogen-bond donors (Lipinski definition) is 1. The van der Waals surface area contributed by atoms with Crippen LogP contribution in [0.3, 0.4) is 0 Å². The first-order valence-corrected chi connectivity index (χ1v) is 11.2. The van der Waals surface area contributed by atoms with Gasteiger partial charge in [-0.3, -0.25) is 0 Å². The molecular formula is C19H24N6O5S. The smallest absolute Gasteiger partial charge is 0.244 e. The van der Waals surface area contributed by atoms with Crippen molar-refractivity contribution in [3.8, 4) is 11.5 Å². The molecule has 1 aromatic carbocycles. The molecule has 3 heterocycles. The number of hydrogen-bond acceptors (Lipinski definition) is 9. The van der Waals surface area contributed by atoms with E-state index >= 15 is 0 Å². The molecule has 0 radical (unpaired) electrons. The van der Waals surface area contributed by atoms with Gasteiger partial charge < -0.3 is 19.1 Å². The Morgan fingerprint density at radius 3 is 2.71 bits per heavy atom. The quantitative estimate of drug-likeness (QED) is 0.530. The molecule has 0 aliphatic carbocycles. The molecular weight excluding hydrogens is 424 g/mol. The molecule has 12 heteroatoms. The predicted molar refractivity (Wildman–Crippen MR) is 113 cm³/mol. The van der Waals surface area contributed by atoms with Crippen molar-refractivity contribution in [3.63, 3.8) is 0 Å². The molecule has 0 spiro atoms. The highest BCUT2D eigenvalue weighted by Crippen LogP contribution is 2.28. The number of aromatic nitrogens is 4. The van der Waals surface area contributed by atoms with Crippen LogP contribution in [0.4, 0.5) is 5.82 Å². The van der Waals surface area contributed by atoms with Crippen molar-refractivity contribution < 1.29 is 22.6 Å². The summed E-state index contributed by atoms with van der Waals surface area (Å²) in [7, 11) is -0.926. The number of anilines is 1. The molecule has 11 nitrogen and oxygen atoms in total. The summed E-state index contributed by atoms with van der Waals surface area (Å²) in [4.78, 5) is 10.9. The number of methoxy groups -OCH3 is 2. The average molecular weight is 449 g/mol. The van der Waals surface area contributed by atoms with Gasteiger partial charge >= 0.3 is 0 Å². The normalized spacial score (nSPS) is 14.7. The summed E-state index contributed by atoms with van der Waals surface area (Å²) < 4.78 is 45.6. The Hall–Kier alpha value is -2.96. The zero-order valence-corrected chi connectivity index (χ0v) is 18.1. The molecule has 0 unspecified atom stereocenters. The van der Waals surface area contributed by atoms with E-state index in [1.54, 1.807) is 23.0 Å². The van der Waals surface area contributed by atoms with Crippen molar-refractivity contribution in [1.29, 1.82) is 0 Å². The Bertz CT molecular complexity index is 1160. The van der Waals surface area contributed by atoms with Crippen molar-refractivity contribution in [2.45, 2.75) is 11.4 Å². The van der Waals surface area contributed by atoms with Gasteiger partial charge in [0.25, 0.3) is 0 Å². The fraction of sp³-hybridized carbons (Fsp3) is 0.421. The third kappa shape index (κ3) is 4.40. The van der Waals surface area contributed by atoms with Crippen LogP contribution >= 0.6 is 0 Å². The van der Waals surface area contributed by atoms with E-state index in [4.69, 9.17) is 14.2 Å². The molecule has 166 valence electrons. The summed E-state index contributed by atoms with van der Waals surface area (Å²) in [6.45, 7) is 3.22. The third-order valence-corrected chi connectivity index (χ3v) is 6.48. The summed E-state index contributed by atoms with van der Waals surface area (Å²) in [5, 5.41) is 5.20. The molecule has 0 amide bonds. The van der Waals surface area contributed by atoms with Crippen LogP contribution < -0.4 is 19.1 Å². The first kappa shape index (κ1) is 21.3. The van der Waals surface area contributed by atoms with Crippen molar-refractivity contribution in [3.05, 3.63) is 30.7 Å². The van der Waals surface area contributed by atoms with E-state index in [9.17, 15) is 8.42 Å². The van der Waals surface area contributed by atoms with Gasteiger partial charge in [0, 0.05) is 25.7 Å². The lowest BCUT2D eigenvalue weighted by molar-refractivity contribution is 0.122. The molecule has 0 atom stereocenters. The zero-order chi connectivity index (χ0) is 21.8. The lowest BCUT2D eigenvalue weighted by Crippen LogP contribution is -2.36. The summed E-state index contributed by atoms with van der Waals surface area (Å²) in [6.07, 6.45) is 3.20. The van der Waals surface area contributed by atoms with Gasteiger partial charge in [0.2, 0.25) is 10.0 Å². The molecule has 1 aliphatic heterocycles. The van der Waals surface area contributed by atoms with Crippen LogP contribution in [0, 0.1) is 0 Å². The van der Waals surface area contributed by atoms with E-state index in [-0.39, 0.29) is 17.2 Å². The molecule has 0 saturated carbocycles. The van der Waals surface area contributed by atoms with Crippen LogP contribution in [0.2, 0.25) is 0 Å². The molecule has 3 aromatic rings. The monoisotopic (exact) mass is 448 g/mol. The van der Waals surface area contributed by atoms with Gasteiger partial charge in [-0.25, -0.2) is 27.8 Å². The maximum Gasteiger partial charge on any atom is 0.244 e. The highest BCUT2D eigenvalue weighted by Gasteiger charge is 2.21. The van der Waals surface area contributed by atoms with Crippen LogP contribution in [0.15, 0.2) is 35.6 Å². The molecule has 1 aliphatic rings. The first-order chi connectivity index (χ1) is 15.0. The molecule has 1 fully saturated rings. The SMILES string of the molecule is COc1ccc(OC)c(S(=O)(=O)NCCn2ncc3c(N4CCOCC4)ncnc32)c1. The van der Waals surface area contributed by atoms with Gasteiger partial charge in [-0.1, -0.05) is 0 Å². The number of benzene rings is 1. The number of nitrogens with zero attached hydrogens (tertiary/aromatic N) is 5. The number of nitrogens with one attached hydrogen (secondary N) is 1. The minimum atomic E-state index is -3.82. The second kappa shape index (κ2) is 9.04. The van der Waals surface area contributed by atoms with Gasteiger partial charge in [-0.15, -0.1) is 0 Å². The molecule has 4 rings (SSSR count). The third-order valence-electron chi connectivity index (χ3n) is 5.00. The van der Waals surface area contributed by atoms with E-state index in [1.165, 1.54) is 26.6 Å². The summed E-state index contributed by atoms with van der Waals surface area (Å²) in [6, 6.07) is 4.62. The summed E-state index contributed by atoms with van der Waals surface area (Å²) in [5.74, 6) is 1.47. The second-order valence-electron chi connectivity index (χ2n) is 6.82. The maximum absolute atomic E-state index is 12.8. The fourth-order valence-corrected chi connectivity index (χ4v) is 4.63. The van der Waals surface area contributed by atoms with E-state index in [0.717, 1.165) is 24.3 Å². The predicted octanol–water partition coefficient (Wildman–Crippen LogP) is 0.659. The van der Waals surface area contributed by atoms with Crippen molar-refractivity contribution >= 4 is 26.9 Å². The number of ether oxygens (including phenoxy) is 3. The zero-order valence-electron chi connectivity index (χ0n) is 17.3. The minimum absolute atomic E-state index is 0.0107. The van der Waals surface area contributed by atoms with Crippen LogP contribution in [0.25, 0.3) is 11.0 Å². The minimum Gasteiger partial charge on any atom is -0.497 e. The number of fused-ring (bicyclic) bond motifs is 1. The Morgan fingerprint density at radius 1 is 1.16 bits per heavy atom. The Balaban J connectivity index is 1.50. The van der Waals surface area contributed by atoms with Crippen LogP contribution in [-0.4, -0.2) is 75.2 Å². The average Bonchev–Trinajstić information content (AvgIpc) is 3.22. The lowest BCUT2D eigenvalue weighted by Gasteiger charge is -2.27. The molecule has 31 heavy (non-hydrogen) atoms. The molecule has 2 aromatic heterocycles. The van der Waals surface area contributed by atoms with Gasteiger partial charge in [-0.2, -0.15) is 5.10 Å². The van der Waals surface area contributed by atoms with Crippen molar-refractivity contribution in [1.82, 2.24) is 24.5 Å². The van der Waals surface area contributed by atoms with Crippen molar-refractivity contribution in [2.24, 2.45) is 0 Å². The topological polar surface area (TPSA) is 121 Å². The largest absolute Gasteiger partial charge is 0.497 e. The van der Waals surface area contributed by atoms with Gasteiger partial charge in [0.05, 0.1) is 45.6 Å². The van der Waals surface area contributed by atoms with Gasteiger partial charge in [-0.05, 0) is 12.1 Å². The second-order valence-corrected chi connectivity index (χ2v) is 8.55. The molecule has 1 N–H and O–H groups in total. The van der Waals surface area contributed by atoms with E-state index in [2.05, 4.69) is 24.7 Å². The Kier molecular flexibility index (Phi) is 6.20. The van der Waals surface area contributed by atoms with E-state index in [0.29, 0.717) is 31.2 Å². The van der Waals surface area contributed by atoms with Crippen LogP contribution in [0.1, 0.15) is 0 Å². The Morgan fingerprint density at radius 2 is 1.97 bits per heavy atom. The first-order valence-electron chi connectivity index (χ1n) is 9.74. The van der Waals surface area contributed by atoms with Gasteiger partial charge in [0.15, 0.2) is 5.65 Å². The van der Waals surface area contributed by atoms with E-state index < -0.39 is 10.0 Å². The lowest BCUT2D eigenvalue weighted by atomic mass is 10.3. The Labute approximate surface area is 180 Å². The number of morpholine rings is 1. The number of sulfonamides is 1. The number of rotatable bonds is 8. The van der Waals surface area contributed by atoms with Crippen LogP contribution in [0.5, 0.6) is 11.5 Å².